The molecule has 0 aromatic carbocycles. The summed E-state index contributed by atoms with van der Waals surface area (Å²) in [6.07, 6.45) is 0.337. The zero-order chi connectivity index (χ0) is 9.40. The van der Waals surface area contributed by atoms with Gasteiger partial charge in [0.1, 0.15) is 6.10 Å². The minimum absolute atomic E-state index is 0.0623. The third kappa shape index (κ3) is 0.333. The zero-order valence-electron chi connectivity index (χ0n) is 8.44. The lowest BCUT2D eigenvalue weighted by Crippen LogP contribution is -2.87. The van der Waals surface area contributed by atoms with Crippen LogP contribution in [0.4, 0.5) is 0 Å². The number of hydrogen-bond donors (Lipinski definition) is 0. The summed E-state index contributed by atoms with van der Waals surface area (Å²) >= 11 is 0. The molecule has 0 amide bonds. The Hall–Kier alpha value is -0.530. The molecule has 0 aliphatic heterocycles. The van der Waals surface area contributed by atoms with Gasteiger partial charge in [-0.1, -0.05) is 6.92 Å². The largest absolute Gasteiger partial charge is 0.462 e. The molecule has 0 N–H and O–H groups in total. The van der Waals surface area contributed by atoms with E-state index in [0.717, 1.165) is 46.8 Å². The molecule has 2 nitrogen and oxygen atoms in total. The van der Waals surface area contributed by atoms with E-state index in [4.69, 9.17) is 4.74 Å². The van der Waals surface area contributed by atoms with E-state index in [1.54, 1.807) is 6.92 Å². The Morgan fingerprint density at radius 3 is 2.14 bits per heavy atom. The van der Waals surface area contributed by atoms with Gasteiger partial charge in [-0.2, -0.15) is 0 Å². The molecule has 6 aliphatic rings. The molecular formula is C12H14O2. The zero-order valence-corrected chi connectivity index (χ0v) is 8.44. The fourth-order valence-electron chi connectivity index (χ4n) is 6.76. The van der Waals surface area contributed by atoms with E-state index in [0.29, 0.717) is 6.10 Å². The molecule has 0 radical (unpaired) electrons. The highest BCUT2D eigenvalue weighted by atomic mass is 16.5. The Balaban J connectivity index is 1.57. The van der Waals surface area contributed by atoms with Crippen molar-refractivity contribution in [2.45, 2.75) is 20.0 Å². The number of carbonyl (C=O) groups is 1. The van der Waals surface area contributed by atoms with Gasteiger partial charge in [-0.25, -0.2) is 0 Å². The van der Waals surface area contributed by atoms with Gasteiger partial charge in [0.25, 0.3) is 0 Å². The Labute approximate surface area is 83.0 Å². The van der Waals surface area contributed by atoms with Crippen LogP contribution in [0.15, 0.2) is 0 Å². The van der Waals surface area contributed by atoms with Crippen LogP contribution >= 0.6 is 0 Å². The van der Waals surface area contributed by atoms with Gasteiger partial charge in [0.15, 0.2) is 0 Å². The fourth-order valence-corrected chi connectivity index (χ4v) is 6.76. The smallest absolute Gasteiger partial charge is 0.302 e. The van der Waals surface area contributed by atoms with Crippen LogP contribution in [0, 0.1) is 46.8 Å². The summed E-state index contributed by atoms with van der Waals surface area (Å²) < 4.78 is 5.52. The quantitative estimate of drug-likeness (QED) is 0.583. The van der Waals surface area contributed by atoms with Crippen molar-refractivity contribution in [2.24, 2.45) is 46.8 Å². The number of rotatable bonds is 1. The van der Waals surface area contributed by atoms with Crippen LogP contribution < -0.4 is 0 Å². The van der Waals surface area contributed by atoms with Gasteiger partial charge in [-0.05, 0) is 35.0 Å². The molecule has 6 fully saturated rings. The van der Waals surface area contributed by atoms with Crippen molar-refractivity contribution in [3.63, 3.8) is 0 Å². The summed E-state index contributed by atoms with van der Waals surface area (Å²) in [5.41, 5.74) is 0.728. The van der Waals surface area contributed by atoms with E-state index in [2.05, 4.69) is 6.92 Å². The second-order valence-electron chi connectivity index (χ2n) is 6.33. The lowest BCUT2D eigenvalue weighted by atomic mass is 9.14. The van der Waals surface area contributed by atoms with Crippen molar-refractivity contribution in [1.82, 2.24) is 0 Å². The molecule has 5 atom stereocenters. The van der Waals surface area contributed by atoms with E-state index < -0.39 is 0 Å². The summed E-state index contributed by atoms with van der Waals surface area (Å²) in [5.74, 6) is 6.44. The van der Waals surface area contributed by atoms with Gasteiger partial charge in [0, 0.05) is 18.8 Å². The molecule has 74 valence electrons. The molecule has 6 aliphatic carbocycles. The van der Waals surface area contributed by atoms with Crippen LogP contribution in [-0.4, -0.2) is 12.1 Å². The van der Waals surface area contributed by atoms with Crippen molar-refractivity contribution < 1.29 is 9.53 Å². The lowest BCUT2D eigenvalue weighted by molar-refractivity contribution is -0.440. The normalized spacial score (nSPS) is 77.9. The van der Waals surface area contributed by atoms with Crippen molar-refractivity contribution >= 4 is 5.97 Å². The first-order valence-electron chi connectivity index (χ1n) is 5.84. The minimum Gasteiger partial charge on any atom is -0.462 e. The molecule has 5 unspecified atom stereocenters. The maximum atomic E-state index is 11.0. The Morgan fingerprint density at radius 2 is 1.64 bits per heavy atom. The molecule has 0 heterocycles. The van der Waals surface area contributed by atoms with Gasteiger partial charge in [-0.3, -0.25) is 4.79 Å². The SMILES string of the molecule is CC(=O)OC1C2C3C4C1C1C2C3C41C. The standard InChI is InChI=1S/C12H14O2/c1-3(13)14-11-4-5-8-6(4)10-7(11)9(5)12(8,10)2/h4-11H,1-2H3. The number of ether oxygens (including phenoxy) is 1. The van der Waals surface area contributed by atoms with Crippen LogP contribution in [0.1, 0.15) is 13.8 Å². The second-order valence-corrected chi connectivity index (χ2v) is 6.33. The summed E-state index contributed by atoms with van der Waals surface area (Å²) in [4.78, 5) is 11.0. The van der Waals surface area contributed by atoms with Crippen LogP contribution in [0.25, 0.3) is 0 Å². The summed E-state index contributed by atoms with van der Waals surface area (Å²) in [5, 5.41) is 0. The average Bonchev–Trinajstić information content (AvgIpc) is 2.30. The van der Waals surface area contributed by atoms with E-state index in [1.807, 2.05) is 0 Å². The number of hydrogen-bond acceptors (Lipinski definition) is 2. The van der Waals surface area contributed by atoms with Crippen molar-refractivity contribution in [3.05, 3.63) is 0 Å². The molecule has 0 saturated heterocycles. The highest BCUT2D eigenvalue weighted by molar-refractivity contribution is 5.66. The lowest BCUT2D eigenvalue weighted by Gasteiger charge is -2.90. The highest BCUT2D eigenvalue weighted by Gasteiger charge is 2.99. The molecule has 0 spiro atoms. The monoisotopic (exact) mass is 190 g/mol. The van der Waals surface area contributed by atoms with Crippen molar-refractivity contribution in [2.75, 3.05) is 0 Å². The average molecular weight is 190 g/mol. The minimum atomic E-state index is -0.0623. The van der Waals surface area contributed by atoms with Crippen molar-refractivity contribution in [1.29, 1.82) is 0 Å². The topological polar surface area (TPSA) is 26.3 Å². The first-order chi connectivity index (χ1) is 6.67. The van der Waals surface area contributed by atoms with E-state index in [1.165, 1.54) is 0 Å². The highest BCUT2D eigenvalue weighted by Crippen LogP contribution is 2.99. The third-order valence-electron chi connectivity index (χ3n) is 6.59. The first kappa shape index (κ1) is 6.86. The second kappa shape index (κ2) is 1.46. The van der Waals surface area contributed by atoms with Crippen LogP contribution in [-0.2, 0) is 9.53 Å². The molecule has 0 aromatic rings. The predicted molar refractivity (Wildman–Crippen MR) is 48.1 cm³/mol. The maximum Gasteiger partial charge on any atom is 0.302 e. The molecule has 6 rings (SSSR count). The molecule has 6 saturated carbocycles. The van der Waals surface area contributed by atoms with Crippen LogP contribution in [0.2, 0.25) is 0 Å². The molecular weight excluding hydrogens is 176 g/mol. The number of esters is 1. The van der Waals surface area contributed by atoms with Crippen LogP contribution in [0.5, 0.6) is 0 Å². The molecule has 2 heteroatoms. The Kier molecular flexibility index (Phi) is 0.718. The maximum absolute atomic E-state index is 11.0. The fraction of sp³-hybridized carbons (Fsp3) is 0.917. The molecule has 0 aromatic heterocycles. The third-order valence-corrected chi connectivity index (χ3v) is 6.59. The predicted octanol–water partition coefficient (Wildman–Crippen LogP) is 1.31. The first-order valence-corrected chi connectivity index (χ1v) is 5.84. The van der Waals surface area contributed by atoms with Gasteiger partial charge >= 0.3 is 5.97 Å². The van der Waals surface area contributed by atoms with Crippen molar-refractivity contribution in [3.8, 4) is 0 Å². The Bertz CT molecular complexity index is 368. The van der Waals surface area contributed by atoms with Gasteiger partial charge in [0.2, 0.25) is 0 Å². The Morgan fingerprint density at radius 1 is 1.07 bits per heavy atom. The van der Waals surface area contributed by atoms with Gasteiger partial charge in [-0.15, -0.1) is 0 Å². The van der Waals surface area contributed by atoms with E-state index in [-0.39, 0.29) is 5.97 Å². The van der Waals surface area contributed by atoms with E-state index in [9.17, 15) is 4.79 Å². The molecule has 14 heavy (non-hydrogen) atoms. The van der Waals surface area contributed by atoms with Crippen LogP contribution in [0.3, 0.4) is 0 Å². The van der Waals surface area contributed by atoms with Gasteiger partial charge in [0.05, 0.1) is 0 Å². The van der Waals surface area contributed by atoms with E-state index >= 15 is 0 Å². The summed E-state index contributed by atoms with van der Waals surface area (Å²) in [6.45, 7) is 4.03. The summed E-state index contributed by atoms with van der Waals surface area (Å²) in [6, 6.07) is 0. The molecule has 2 bridgehead atoms. The summed E-state index contributed by atoms with van der Waals surface area (Å²) in [7, 11) is 0. The van der Waals surface area contributed by atoms with Gasteiger partial charge < -0.3 is 4.74 Å². The number of carbonyl (C=O) groups excluding carboxylic acids is 1.